The second kappa shape index (κ2) is 6.53. The Morgan fingerprint density at radius 2 is 2.19 bits per heavy atom. The van der Waals surface area contributed by atoms with Crippen LogP contribution in [0, 0.1) is 0 Å². The third-order valence-corrected chi connectivity index (χ3v) is 3.57. The summed E-state index contributed by atoms with van der Waals surface area (Å²) in [6.45, 7) is 1.98. The molecular formula is C14H15BrN4O2. The van der Waals surface area contributed by atoms with Crippen LogP contribution in [0.3, 0.4) is 0 Å². The molecule has 0 aliphatic heterocycles. The molecule has 0 saturated carbocycles. The molecule has 0 atom stereocenters. The highest BCUT2D eigenvalue weighted by molar-refractivity contribution is 9.10. The summed E-state index contributed by atoms with van der Waals surface area (Å²) in [4.78, 5) is 22.8. The Morgan fingerprint density at radius 3 is 2.90 bits per heavy atom. The molecule has 7 heteroatoms. The van der Waals surface area contributed by atoms with Crippen molar-refractivity contribution in [1.82, 2.24) is 9.78 Å². The van der Waals surface area contributed by atoms with E-state index in [-0.39, 0.29) is 11.5 Å². The summed E-state index contributed by atoms with van der Waals surface area (Å²) in [7, 11) is 1.59. The first-order valence-corrected chi connectivity index (χ1v) is 7.09. The van der Waals surface area contributed by atoms with Gasteiger partial charge in [-0.3, -0.25) is 9.59 Å². The van der Waals surface area contributed by atoms with Gasteiger partial charge in [0, 0.05) is 26.2 Å². The Labute approximate surface area is 130 Å². The summed E-state index contributed by atoms with van der Waals surface area (Å²) in [5, 5.41) is 9.84. The third-order valence-electron chi connectivity index (χ3n) is 2.81. The van der Waals surface area contributed by atoms with Crippen LogP contribution in [0.25, 0.3) is 0 Å². The molecule has 0 bridgehead atoms. The summed E-state index contributed by atoms with van der Waals surface area (Å²) < 4.78 is 1.70. The Hall–Kier alpha value is -2.15. The first kappa shape index (κ1) is 15.2. The lowest BCUT2D eigenvalue weighted by Gasteiger charge is -2.10. The van der Waals surface area contributed by atoms with E-state index in [0.29, 0.717) is 16.7 Å². The SMILES string of the molecule is CC(=O)Nc1cccc(CNc2cnn(C)c(=O)c2Br)c1. The Bertz CT molecular complexity index is 727. The molecule has 1 aromatic carbocycles. The zero-order valence-corrected chi connectivity index (χ0v) is 13.3. The lowest BCUT2D eigenvalue weighted by atomic mass is 10.2. The van der Waals surface area contributed by atoms with E-state index < -0.39 is 0 Å². The van der Waals surface area contributed by atoms with Crippen LogP contribution >= 0.6 is 15.9 Å². The molecule has 0 aliphatic carbocycles. The number of nitrogens with one attached hydrogen (secondary N) is 2. The summed E-state index contributed by atoms with van der Waals surface area (Å²) >= 11 is 3.26. The number of hydrogen-bond donors (Lipinski definition) is 2. The maximum Gasteiger partial charge on any atom is 0.282 e. The lowest BCUT2D eigenvalue weighted by Crippen LogP contribution is -2.21. The standard InChI is InChI=1S/C14H15BrN4O2/c1-9(20)18-11-5-3-4-10(6-11)7-16-12-8-17-19(2)14(21)13(12)15/h3-6,8,16H,7H2,1-2H3,(H,18,20). The van der Waals surface area contributed by atoms with Crippen LogP contribution in [0.5, 0.6) is 0 Å². The second-order valence-corrected chi connectivity index (χ2v) is 5.33. The van der Waals surface area contributed by atoms with Gasteiger partial charge < -0.3 is 10.6 Å². The Kier molecular flexibility index (Phi) is 4.74. The van der Waals surface area contributed by atoms with Gasteiger partial charge in [0.25, 0.3) is 5.56 Å². The van der Waals surface area contributed by atoms with E-state index in [2.05, 4.69) is 31.7 Å². The third kappa shape index (κ3) is 3.91. The van der Waals surface area contributed by atoms with Crippen molar-refractivity contribution in [3.8, 4) is 0 Å². The first-order chi connectivity index (χ1) is 9.97. The van der Waals surface area contributed by atoms with Crippen LogP contribution in [-0.2, 0) is 18.4 Å². The molecule has 2 aromatic rings. The summed E-state index contributed by atoms with van der Waals surface area (Å²) in [6, 6.07) is 7.48. The predicted molar refractivity (Wildman–Crippen MR) is 85.3 cm³/mol. The molecule has 0 aliphatic rings. The van der Waals surface area contributed by atoms with E-state index in [1.807, 2.05) is 24.3 Å². The van der Waals surface area contributed by atoms with Gasteiger partial charge in [0.2, 0.25) is 5.91 Å². The van der Waals surface area contributed by atoms with E-state index in [1.54, 1.807) is 13.2 Å². The van der Waals surface area contributed by atoms with Gasteiger partial charge in [-0.2, -0.15) is 5.10 Å². The molecular weight excluding hydrogens is 336 g/mol. The van der Waals surface area contributed by atoms with Crippen LogP contribution in [0.15, 0.2) is 39.7 Å². The fourth-order valence-electron chi connectivity index (χ4n) is 1.79. The van der Waals surface area contributed by atoms with Gasteiger partial charge in [0.15, 0.2) is 0 Å². The number of carbonyl (C=O) groups excluding carboxylic acids is 1. The highest BCUT2D eigenvalue weighted by atomic mass is 79.9. The number of rotatable bonds is 4. The van der Waals surface area contributed by atoms with Gasteiger partial charge in [-0.05, 0) is 33.6 Å². The maximum absolute atomic E-state index is 11.7. The Balaban J connectivity index is 2.12. The minimum absolute atomic E-state index is 0.112. The number of amides is 1. The molecule has 1 aromatic heterocycles. The minimum atomic E-state index is -0.202. The second-order valence-electron chi connectivity index (χ2n) is 4.54. The molecule has 6 nitrogen and oxygen atoms in total. The number of benzene rings is 1. The van der Waals surface area contributed by atoms with E-state index >= 15 is 0 Å². The van der Waals surface area contributed by atoms with Crippen molar-refractivity contribution in [3.63, 3.8) is 0 Å². The zero-order valence-electron chi connectivity index (χ0n) is 11.7. The number of aromatic nitrogens is 2. The van der Waals surface area contributed by atoms with Crippen LogP contribution in [0.1, 0.15) is 12.5 Å². The highest BCUT2D eigenvalue weighted by Crippen LogP contribution is 2.18. The zero-order chi connectivity index (χ0) is 15.4. The van der Waals surface area contributed by atoms with Crippen LogP contribution in [0.2, 0.25) is 0 Å². The summed E-state index contributed by atoms with van der Waals surface area (Å²) in [5.74, 6) is -0.112. The molecule has 0 spiro atoms. The molecule has 0 saturated heterocycles. The van der Waals surface area contributed by atoms with Gasteiger partial charge in [-0.15, -0.1) is 0 Å². The number of aryl methyl sites for hydroxylation is 1. The molecule has 1 heterocycles. The summed E-state index contributed by atoms with van der Waals surface area (Å²) in [6.07, 6.45) is 1.59. The van der Waals surface area contributed by atoms with Crippen LogP contribution < -0.4 is 16.2 Å². The van der Waals surface area contributed by atoms with Crippen molar-refractivity contribution in [3.05, 3.63) is 50.9 Å². The largest absolute Gasteiger partial charge is 0.379 e. The van der Waals surface area contributed by atoms with Gasteiger partial charge in [0.05, 0.1) is 11.9 Å². The topological polar surface area (TPSA) is 76.0 Å². The van der Waals surface area contributed by atoms with Crippen LogP contribution in [0.4, 0.5) is 11.4 Å². The molecule has 2 N–H and O–H groups in total. The van der Waals surface area contributed by atoms with E-state index in [4.69, 9.17) is 0 Å². The van der Waals surface area contributed by atoms with E-state index in [9.17, 15) is 9.59 Å². The van der Waals surface area contributed by atoms with Crippen molar-refractivity contribution in [2.24, 2.45) is 7.05 Å². The average Bonchev–Trinajstić information content (AvgIpc) is 2.44. The van der Waals surface area contributed by atoms with Gasteiger partial charge in [-0.25, -0.2) is 4.68 Å². The fourth-order valence-corrected chi connectivity index (χ4v) is 2.29. The van der Waals surface area contributed by atoms with Crippen molar-refractivity contribution >= 4 is 33.2 Å². The lowest BCUT2D eigenvalue weighted by molar-refractivity contribution is -0.114. The number of nitrogens with zero attached hydrogens (tertiary/aromatic N) is 2. The van der Waals surface area contributed by atoms with Crippen molar-refractivity contribution in [2.75, 3.05) is 10.6 Å². The number of halogens is 1. The van der Waals surface area contributed by atoms with Crippen molar-refractivity contribution in [1.29, 1.82) is 0 Å². The quantitative estimate of drug-likeness (QED) is 0.885. The average molecular weight is 351 g/mol. The number of anilines is 2. The van der Waals surface area contributed by atoms with Gasteiger partial charge in [-0.1, -0.05) is 12.1 Å². The molecule has 2 rings (SSSR count). The highest BCUT2D eigenvalue weighted by Gasteiger charge is 2.06. The fraction of sp³-hybridized carbons (Fsp3) is 0.214. The molecule has 1 amide bonds. The molecule has 110 valence electrons. The molecule has 0 unspecified atom stereocenters. The minimum Gasteiger partial charge on any atom is -0.379 e. The summed E-state index contributed by atoms with van der Waals surface area (Å²) in [5.41, 5.74) is 2.15. The van der Waals surface area contributed by atoms with E-state index in [1.165, 1.54) is 11.6 Å². The smallest absolute Gasteiger partial charge is 0.282 e. The molecule has 21 heavy (non-hydrogen) atoms. The molecule has 0 fully saturated rings. The van der Waals surface area contributed by atoms with Gasteiger partial charge in [0.1, 0.15) is 4.47 Å². The van der Waals surface area contributed by atoms with Crippen molar-refractivity contribution in [2.45, 2.75) is 13.5 Å². The normalized spacial score (nSPS) is 10.2. The van der Waals surface area contributed by atoms with Crippen LogP contribution in [-0.4, -0.2) is 15.7 Å². The van der Waals surface area contributed by atoms with Crippen molar-refractivity contribution < 1.29 is 4.79 Å². The number of carbonyl (C=O) groups is 1. The van der Waals surface area contributed by atoms with E-state index in [0.717, 1.165) is 11.3 Å². The first-order valence-electron chi connectivity index (χ1n) is 6.29. The Morgan fingerprint density at radius 1 is 1.43 bits per heavy atom. The van der Waals surface area contributed by atoms with Gasteiger partial charge >= 0.3 is 0 Å². The molecule has 0 radical (unpaired) electrons. The maximum atomic E-state index is 11.7. The number of hydrogen-bond acceptors (Lipinski definition) is 4. The monoisotopic (exact) mass is 350 g/mol. The predicted octanol–water partition coefficient (Wildman–Crippen LogP) is 2.11.